The van der Waals surface area contributed by atoms with Crippen molar-refractivity contribution in [2.24, 2.45) is 0 Å². The molecule has 0 spiro atoms. The Bertz CT molecular complexity index is 294. The van der Waals surface area contributed by atoms with Gasteiger partial charge in [-0.15, -0.1) is 11.3 Å². The van der Waals surface area contributed by atoms with Crippen LogP contribution in [0.25, 0.3) is 0 Å². The molecule has 1 rings (SSSR count). The highest BCUT2D eigenvalue weighted by Crippen LogP contribution is 2.21. The third-order valence-electron chi connectivity index (χ3n) is 2.76. The zero-order valence-electron chi connectivity index (χ0n) is 10.9. The van der Waals surface area contributed by atoms with Crippen LogP contribution >= 0.6 is 11.3 Å². The number of hydrogen-bond acceptors (Lipinski definition) is 3. The fourth-order valence-electron chi connectivity index (χ4n) is 1.72. The Balaban J connectivity index is 2.41. The van der Waals surface area contributed by atoms with Gasteiger partial charge >= 0.3 is 0 Å². The van der Waals surface area contributed by atoms with Gasteiger partial charge < -0.3 is 5.32 Å². The zero-order chi connectivity index (χ0) is 12.0. The minimum absolute atomic E-state index is 0.552. The number of aromatic nitrogens is 1. The number of thiazole rings is 1. The fourth-order valence-corrected chi connectivity index (χ4v) is 2.59. The van der Waals surface area contributed by atoms with Crippen LogP contribution < -0.4 is 5.32 Å². The van der Waals surface area contributed by atoms with Crippen molar-refractivity contribution in [1.29, 1.82) is 0 Å². The molecule has 1 heterocycles. The molecule has 1 N–H and O–H groups in total. The van der Waals surface area contributed by atoms with Gasteiger partial charge in [0.05, 0.1) is 5.01 Å². The number of nitrogens with one attached hydrogen (secondary N) is 1. The smallest absolute Gasteiger partial charge is 0.0953 e. The monoisotopic (exact) mass is 240 g/mol. The summed E-state index contributed by atoms with van der Waals surface area (Å²) < 4.78 is 0. The van der Waals surface area contributed by atoms with Crippen LogP contribution in [0.15, 0.2) is 6.20 Å². The number of rotatable bonds is 7. The van der Waals surface area contributed by atoms with E-state index in [-0.39, 0.29) is 0 Å². The molecule has 0 saturated carbocycles. The highest BCUT2D eigenvalue weighted by atomic mass is 32.1. The van der Waals surface area contributed by atoms with Crippen LogP contribution in [0.3, 0.4) is 0 Å². The average Bonchev–Trinajstić information content (AvgIpc) is 2.73. The average molecular weight is 240 g/mol. The first-order valence-corrected chi connectivity index (χ1v) is 7.17. The molecule has 2 nitrogen and oxygen atoms in total. The lowest BCUT2D eigenvalue weighted by atomic mass is 10.1. The first kappa shape index (κ1) is 13.7. The molecule has 0 fully saturated rings. The molecule has 16 heavy (non-hydrogen) atoms. The number of hydrogen-bond donors (Lipinski definition) is 1. The molecule has 1 aromatic heterocycles. The second kappa shape index (κ2) is 7.02. The van der Waals surface area contributed by atoms with E-state index in [9.17, 15) is 0 Å². The Morgan fingerprint density at radius 2 is 2.12 bits per heavy atom. The van der Waals surface area contributed by atoms with Gasteiger partial charge in [0.2, 0.25) is 0 Å². The molecule has 1 atom stereocenters. The Morgan fingerprint density at radius 3 is 2.62 bits per heavy atom. The van der Waals surface area contributed by atoms with Crippen LogP contribution in [-0.2, 0) is 6.54 Å². The van der Waals surface area contributed by atoms with Gasteiger partial charge in [0.25, 0.3) is 0 Å². The van der Waals surface area contributed by atoms with Crippen molar-refractivity contribution in [3.8, 4) is 0 Å². The minimum Gasteiger partial charge on any atom is -0.309 e. The molecule has 3 heteroatoms. The predicted molar refractivity (Wildman–Crippen MR) is 72.0 cm³/mol. The summed E-state index contributed by atoms with van der Waals surface area (Å²) in [5.41, 5.74) is 0. The van der Waals surface area contributed by atoms with Crippen LogP contribution in [0.2, 0.25) is 0 Å². The van der Waals surface area contributed by atoms with Crippen molar-refractivity contribution in [3.63, 3.8) is 0 Å². The van der Waals surface area contributed by atoms with E-state index in [1.54, 1.807) is 0 Å². The molecular formula is C13H24N2S. The van der Waals surface area contributed by atoms with Gasteiger partial charge in [0, 0.05) is 29.6 Å². The highest BCUT2D eigenvalue weighted by molar-refractivity contribution is 7.11. The summed E-state index contributed by atoms with van der Waals surface area (Å²) in [6.45, 7) is 9.86. The normalized spacial score (nSPS) is 13.3. The SMILES string of the molecule is CCCC(CC)NCc1cnc(C(C)C)s1. The second-order valence-corrected chi connectivity index (χ2v) is 5.74. The van der Waals surface area contributed by atoms with Gasteiger partial charge in [-0.1, -0.05) is 34.1 Å². The maximum absolute atomic E-state index is 4.44. The van der Waals surface area contributed by atoms with E-state index in [1.165, 1.54) is 29.1 Å². The molecule has 1 aromatic rings. The van der Waals surface area contributed by atoms with Crippen molar-refractivity contribution in [1.82, 2.24) is 10.3 Å². The van der Waals surface area contributed by atoms with Crippen LogP contribution in [0.4, 0.5) is 0 Å². The maximum atomic E-state index is 4.44. The van der Waals surface area contributed by atoms with Gasteiger partial charge in [0.1, 0.15) is 0 Å². The molecule has 1 unspecified atom stereocenters. The zero-order valence-corrected chi connectivity index (χ0v) is 11.7. The first-order valence-electron chi connectivity index (χ1n) is 6.35. The van der Waals surface area contributed by atoms with Crippen molar-refractivity contribution < 1.29 is 0 Å². The molecule has 0 amide bonds. The summed E-state index contributed by atoms with van der Waals surface area (Å²) in [6.07, 6.45) is 5.76. The molecule has 0 saturated heterocycles. The van der Waals surface area contributed by atoms with Crippen molar-refractivity contribution in [2.45, 2.75) is 65.5 Å². The lowest BCUT2D eigenvalue weighted by Gasteiger charge is -2.14. The Morgan fingerprint density at radius 1 is 1.38 bits per heavy atom. The Hall–Kier alpha value is -0.410. The molecule has 0 bridgehead atoms. The summed E-state index contributed by atoms with van der Waals surface area (Å²) in [5.74, 6) is 0.552. The summed E-state index contributed by atoms with van der Waals surface area (Å²) in [5, 5.41) is 4.86. The molecule has 0 aliphatic carbocycles. The second-order valence-electron chi connectivity index (χ2n) is 4.59. The Kier molecular flexibility index (Phi) is 5.99. The van der Waals surface area contributed by atoms with Crippen LogP contribution in [-0.4, -0.2) is 11.0 Å². The van der Waals surface area contributed by atoms with E-state index in [0.717, 1.165) is 6.54 Å². The van der Waals surface area contributed by atoms with Gasteiger partial charge in [-0.3, -0.25) is 0 Å². The lowest BCUT2D eigenvalue weighted by molar-refractivity contribution is 0.464. The van der Waals surface area contributed by atoms with Gasteiger partial charge in [-0.05, 0) is 12.8 Å². The molecular weight excluding hydrogens is 216 g/mol. The number of nitrogens with zero attached hydrogens (tertiary/aromatic N) is 1. The summed E-state index contributed by atoms with van der Waals surface area (Å²) in [7, 11) is 0. The van der Waals surface area contributed by atoms with E-state index in [1.807, 2.05) is 17.5 Å². The van der Waals surface area contributed by atoms with Crippen molar-refractivity contribution >= 4 is 11.3 Å². The maximum Gasteiger partial charge on any atom is 0.0953 e. The molecule has 0 aliphatic heterocycles. The molecule has 92 valence electrons. The van der Waals surface area contributed by atoms with Crippen molar-refractivity contribution in [2.75, 3.05) is 0 Å². The van der Waals surface area contributed by atoms with E-state index in [0.29, 0.717) is 12.0 Å². The van der Waals surface area contributed by atoms with E-state index in [2.05, 4.69) is 38.0 Å². The third kappa shape index (κ3) is 4.22. The minimum atomic E-state index is 0.552. The summed E-state index contributed by atoms with van der Waals surface area (Å²) >= 11 is 1.84. The largest absolute Gasteiger partial charge is 0.309 e. The predicted octanol–water partition coefficient (Wildman–Crippen LogP) is 3.93. The van der Waals surface area contributed by atoms with Crippen LogP contribution in [0.5, 0.6) is 0 Å². The quantitative estimate of drug-likeness (QED) is 0.781. The van der Waals surface area contributed by atoms with Crippen LogP contribution in [0.1, 0.15) is 62.8 Å². The lowest BCUT2D eigenvalue weighted by Crippen LogP contribution is -2.27. The Labute approximate surface area is 103 Å². The molecule has 0 radical (unpaired) electrons. The van der Waals surface area contributed by atoms with Gasteiger partial charge in [-0.25, -0.2) is 4.98 Å². The third-order valence-corrected chi connectivity index (χ3v) is 4.06. The van der Waals surface area contributed by atoms with E-state index in [4.69, 9.17) is 0 Å². The van der Waals surface area contributed by atoms with E-state index >= 15 is 0 Å². The first-order chi connectivity index (χ1) is 7.67. The molecule has 0 aromatic carbocycles. The van der Waals surface area contributed by atoms with Gasteiger partial charge in [-0.2, -0.15) is 0 Å². The van der Waals surface area contributed by atoms with Crippen molar-refractivity contribution in [3.05, 3.63) is 16.1 Å². The fraction of sp³-hybridized carbons (Fsp3) is 0.769. The standard InChI is InChI=1S/C13H24N2S/c1-5-7-11(6-2)14-8-12-9-15-13(16-12)10(3)4/h9-11,14H,5-8H2,1-4H3. The highest BCUT2D eigenvalue weighted by Gasteiger charge is 2.08. The van der Waals surface area contributed by atoms with E-state index < -0.39 is 0 Å². The topological polar surface area (TPSA) is 24.9 Å². The summed E-state index contributed by atoms with van der Waals surface area (Å²) in [6, 6.07) is 0.662. The van der Waals surface area contributed by atoms with Gasteiger partial charge in [0.15, 0.2) is 0 Å². The summed E-state index contributed by atoms with van der Waals surface area (Å²) in [4.78, 5) is 5.80. The molecule has 0 aliphatic rings. The van der Waals surface area contributed by atoms with Crippen LogP contribution in [0, 0.1) is 0 Å².